The highest BCUT2D eigenvalue weighted by atomic mass is 16.6. The summed E-state index contributed by atoms with van der Waals surface area (Å²) >= 11 is 0. The topological polar surface area (TPSA) is 42.1 Å². The number of nitrogens with zero attached hydrogens (tertiary/aromatic N) is 1. The standard InChI is InChI=1S/C16H23NO3/c1-15(2,3)20-14(18)17(11-16(4)12-19-16)10-13-8-6-5-7-9-13/h5-9H,10-12H2,1-4H3. The normalized spacial score (nSPS) is 21.4. The molecule has 1 fully saturated rings. The van der Waals surface area contributed by atoms with Crippen molar-refractivity contribution in [2.24, 2.45) is 0 Å². The van der Waals surface area contributed by atoms with Crippen molar-refractivity contribution in [3.8, 4) is 0 Å². The van der Waals surface area contributed by atoms with Gasteiger partial charge in [-0.25, -0.2) is 4.79 Å². The Morgan fingerprint density at radius 2 is 1.95 bits per heavy atom. The number of epoxide rings is 1. The van der Waals surface area contributed by atoms with Crippen molar-refractivity contribution < 1.29 is 14.3 Å². The molecule has 0 saturated carbocycles. The van der Waals surface area contributed by atoms with E-state index in [0.29, 0.717) is 19.7 Å². The third-order valence-electron chi connectivity index (χ3n) is 3.03. The van der Waals surface area contributed by atoms with Crippen LogP contribution in [0.25, 0.3) is 0 Å². The minimum absolute atomic E-state index is 0.217. The number of hydrogen-bond donors (Lipinski definition) is 0. The fourth-order valence-corrected chi connectivity index (χ4v) is 1.93. The average Bonchev–Trinajstić information content (AvgIpc) is 3.05. The molecule has 0 aliphatic carbocycles. The van der Waals surface area contributed by atoms with Crippen LogP contribution in [0.1, 0.15) is 33.3 Å². The minimum Gasteiger partial charge on any atom is -0.444 e. The number of amides is 1. The van der Waals surface area contributed by atoms with E-state index in [0.717, 1.165) is 5.56 Å². The van der Waals surface area contributed by atoms with E-state index in [-0.39, 0.29) is 11.7 Å². The molecule has 2 rings (SSSR count). The SMILES string of the molecule is CC(C)(C)OC(=O)N(Cc1ccccc1)CC1(C)CO1. The molecule has 1 aromatic carbocycles. The zero-order chi connectivity index (χ0) is 14.8. The molecule has 0 bridgehead atoms. The quantitative estimate of drug-likeness (QED) is 0.794. The van der Waals surface area contributed by atoms with Gasteiger partial charge in [-0.2, -0.15) is 0 Å². The lowest BCUT2D eigenvalue weighted by atomic mass is 10.1. The number of carbonyl (C=O) groups excluding carboxylic acids is 1. The van der Waals surface area contributed by atoms with Gasteiger partial charge >= 0.3 is 6.09 Å². The Labute approximate surface area is 120 Å². The maximum Gasteiger partial charge on any atom is 0.410 e. The first-order chi connectivity index (χ1) is 9.27. The van der Waals surface area contributed by atoms with Crippen LogP contribution in [0.3, 0.4) is 0 Å². The predicted molar refractivity (Wildman–Crippen MR) is 77.4 cm³/mol. The molecule has 1 aliphatic heterocycles. The van der Waals surface area contributed by atoms with E-state index in [1.165, 1.54) is 0 Å². The van der Waals surface area contributed by atoms with Gasteiger partial charge in [-0.1, -0.05) is 30.3 Å². The molecule has 4 heteroatoms. The first-order valence-corrected chi connectivity index (χ1v) is 6.93. The van der Waals surface area contributed by atoms with Crippen molar-refractivity contribution in [3.05, 3.63) is 35.9 Å². The van der Waals surface area contributed by atoms with Crippen LogP contribution in [-0.4, -0.2) is 35.3 Å². The highest BCUT2D eigenvalue weighted by Crippen LogP contribution is 2.28. The van der Waals surface area contributed by atoms with Gasteiger partial charge in [-0.3, -0.25) is 0 Å². The number of hydrogen-bond acceptors (Lipinski definition) is 3. The van der Waals surface area contributed by atoms with Crippen LogP contribution in [0, 0.1) is 0 Å². The zero-order valence-corrected chi connectivity index (χ0v) is 12.7. The Bertz CT molecular complexity index is 460. The summed E-state index contributed by atoms with van der Waals surface area (Å²) in [6, 6.07) is 9.92. The summed E-state index contributed by atoms with van der Waals surface area (Å²) in [6.07, 6.45) is -0.293. The van der Waals surface area contributed by atoms with Crippen molar-refractivity contribution in [2.75, 3.05) is 13.2 Å². The molecule has 4 nitrogen and oxygen atoms in total. The molecule has 1 heterocycles. The first kappa shape index (κ1) is 14.9. The molecule has 1 amide bonds. The van der Waals surface area contributed by atoms with Crippen molar-refractivity contribution in [1.29, 1.82) is 0 Å². The van der Waals surface area contributed by atoms with Gasteiger partial charge in [0.2, 0.25) is 0 Å². The Balaban J connectivity index is 2.06. The maximum atomic E-state index is 12.3. The summed E-state index contributed by atoms with van der Waals surface area (Å²) in [5, 5.41) is 0. The van der Waals surface area contributed by atoms with Crippen LogP contribution in [-0.2, 0) is 16.0 Å². The van der Waals surface area contributed by atoms with Gasteiger partial charge in [0.1, 0.15) is 11.2 Å². The summed E-state index contributed by atoms with van der Waals surface area (Å²) in [4.78, 5) is 14.0. The molecule has 0 N–H and O–H groups in total. The molecule has 1 saturated heterocycles. The molecular formula is C16H23NO3. The first-order valence-electron chi connectivity index (χ1n) is 6.93. The molecule has 20 heavy (non-hydrogen) atoms. The molecular weight excluding hydrogens is 254 g/mol. The third-order valence-corrected chi connectivity index (χ3v) is 3.03. The van der Waals surface area contributed by atoms with Gasteiger partial charge in [-0.15, -0.1) is 0 Å². The van der Waals surface area contributed by atoms with Crippen LogP contribution >= 0.6 is 0 Å². The lowest BCUT2D eigenvalue weighted by Gasteiger charge is -2.28. The van der Waals surface area contributed by atoms with Crippen LogP contribution < -0.4 is 0 Å². The second-order valence-electron chi connectivity index (χ2n) is 6.56. The molecule has 1 atom stereocenters. The molecule has 0 radical (unpaired) electrons. The van der Waals surface area contributed by atoms with Gasteiger partial charge in [0.05, 0.1) is 13.2 Å². The number of benzene rings is 1. The maximum absolute atomic E-state index is 12.3. The Morgan fingerprint density at radius 3 is 2.45 bits per heavy atom. The summed E-state index contributed by atoms with van der Waals surface area (Å²) < 4.78 is 10.9. The number of rotatable bonds is 4. The molecule has 0 spiro atoms. The van der Waals surface area contributed by atoms with Gasteiger partial charge in [0.15, 0.2) is 0 Å². The Morgan fingerprint density at radius 1 is 1.35 bits per heavy atom. The summed E-state index contributed by atoms with van der Waals surface area (Å²) in [6.45, 7) is 9.42. The largest absolute Gasteiger partial charge is 0.444 e. The summed E-state index contributed by atoms with van der Waals surface area (Å²) in [5.74, 6) is 0. The molecule has 1 aromatic rings. The summed E-state index contributed by atoms with van der Waals surface area (Å²) in [7, 11) is 0. The smallest absolute Gasteiger partial charge is 0.410 e. The number of ether oxygens (including phenoxy) is 2. The molecule has 1 unspecified atom stereocenters. The van der Waals surface area contributed by atoms with E-state index in [2.05, 4.69) is 0 Å². The molecule has 0 aromatic heterocycles. The lowest BCUT2D eigenvalue weighted by molar-refractivity contribution is 0.0190. The van der Waals surface area contributed by atoms with Gasteiger partial charge in [0, 0.05) is 6.54 Å². The Kier molecular flexibility index (Phi) is 4.04. The van der Waals surface area contributed by atoms with Crippen molar-refractivity contribution in [3.63, 3.8) is 0 Å². The van der Waals surface area contributed by atoms with E-state index in [9.17, 15) is 4.79 Å². The monoisotopic (exact) mass is 277 g/mol. The van der Waals surface area contributed by atoms with Gasteiger partial charge in [0.25, 0.3) is 0 Å². The second kappa shape index (κ2) is 5.44. The van der Waals surface area contributed by atoms with E-state index in [1.54, 1.807) is 4.90 Å². The fourth-order valence-electron chi connectivity index (χ4n) is 1.93. The van der Waals surface area contributed by atoms with Crippen LogP contribution in [0.4, 0.5) is 4.79 Å². The lowest BCUT2D eigenvalue weighted by Crippen LogP contribution is -2.41. The van der Waals surface area contributed by atoms with Crippen LogP contribution in [0.5, 0.6) is 0 Å². The summed E-state index contributed by atoms with van der Waals surface area (Å²) in [5.41, 5.74) is 0.380. The third kappa shape index (κ3) is 4.53. The van der Waals surface area contributed by atoms with E-state index in [1.807, 2.05) is 58.0 Å². The fraction of sp³-hybridized carbons (Fsp3) is 0.562. The van der Waals surface area contributed by atoms with Gasteiger partial charge in [-0.05, 0) is 33.3 Å². The van der Waals surface area contributed by atoms with E-state index in [4.69, 9.17) is 9.47 Å². The number of carbonyl (C=O) groups is 1. The van der Waals surface area contributed by atoms with Crippen molar-refractivity contribution in [1.82, 2.24) is 4.90 Å². The van der Waals surface area contributed by atoms with Crippen molar-refractivity contribution in [2.45, 2.75) is 45.4 Å². The predicted octanol–water partition coefficient (Wildman–Crippen LogP) is 3.21. The second-order valence-corrected chi connectivity index (χ2v) is 6.56. The van der Waals surface area contributed by atoms with E-state index >= 15 is 0 Å². The minimum atomic E-state index is -0.489. The Hall–Kier alpha value is -1.55. The average molecular weight is 277 g/mol. The molecule has 1 aliphatic rings. The highest BCUT2D eigenvalue weighted by Gasteiger charge is 2.42. The van der Waals surface area contributed by atoms with Crippen LogP contribution in [0.2, 0.25) is 0 Å². The van der Waals surface area contributed by atoms with Crippen LogP contribution in [0.15, 0.2) is 30.3 Å². The zero-order valence-electron chi connectivity index (χ0n) is 12.7. The van der Waals surface area contributed by atoms with E-state index < -0.39 is 5.60 Å². The molecule has 110 valence electrons. The van der Waals surface area contributed by atoms with Gasteiger partial charge < -0.3 is 14.4 Å². The highest BCUT2D eigenvalue weighted by molar-refractivity contribution is 5.68. The van der Waals surface area contributed by atoms with Crippen molar-refractivity contribution >= 4 is 6.09 Å².